The van der Waals surface area contributed by atoms with Crippen LogP contribution in [-0.2, 0) is 6.54 Å². The number of nitrogens with one attached hydrogen (secondary N) is 1. The van der Waals surface area contributed by atoms with Crippen LogP contribution in [-0.4, -0.2) is 54.1 Å². The molecule has 2 aromatic rings. The molecular formula is C23H31FN4O. The Bertz CT molecular complexity index is 895. The Morgan fingerprint density at radius 2 is 1.90 bits per heavy atom. The zero-order valence-electron chi connectivity index (χ0n) is 17.7. The number of carbonyl (C=O) groups is 1. The van der Waals surface area contributed by atoms with Crippen LogP contribution in [0.4, 0.5) is 10.1 Å². The van der Waals surface area contributed by atoms with E-state index in [0.717, 1.165) is 68.1 Å². The van der Waals surface area contributed by atoms with Crippen molar-refractivity contribution in [2.24, 2.45) is 0 Å². The summed E-state index contributed by atoms with van der Waals surface area (Å²) >= 11 is 0. The highest BCUT2D eigenvalue weighted by atomic mass is 19.1. The fourth-order valence-corrected chi connectivity index (χ4v) is 4.43. The summed E-state index contributed by atoms with van der Waals surface area (Å²) in [6.45, 7) is 11.9. The van der Waals surface area contributed by atoms with Gasteiger partial charge in [-0.2, -0.15) is 0 Å². The van der Waals surface area contributed by atoms with E-state index in [4.69, 9.17) is 0 Å². The second kappa shape index (κ2) is 8.19. The van der Waals surface area contributed by atoms with Gasteiger partial charge in [-0.05, 0) is 50.9 Å². The van der Waals surface area contributed by atoms with E-state index in [9.17, 15) is 9.18 Å². The van der Waals surface area contributed by atoms with E-state index in [0.29, 0.717) is 18.3 Å². The number of carbonyl (C=O) groups excluding carboxylic acids is 1. The average Bonchev–Trinajstić information content (AvgIpc) is 3.48. The van der Waals surface area contributed by atoms with Crippen LogP contribution in [0.25, 0.3) is 0 Å². The van der Waals surface area contributed by atoms with Crippen molar-refractivity contribution in [3.8, 4) is 0 Å². The summed E-state index contributed by atoms with van der Waals surface area (Å²) < 4.78 is 15.8. The van der Waals surface area contributed by atoms with E-state index in [-0.39, 0.29) is 11.7 Å². The third-order valence-corrected chi connectivity index (χ3v) is 6.22. The predicted octanol–water partition coefficient (Wildman–Crippen LogP) is 3.33. The summed E-state index contributed by atoms with van der Waals surface area (Å²) in [7, 11) is 0. The SMILES string of the molecule is CCN1CCN(c2c(C)c(C(=O)NC3CC3)n(Cc3cccc(F)c3)c2C)CC1. The second-order valence-corrected chi connectivity index (χ2v) is 8.29. The van der Waals surface area contributed by atoms with Crippen molar-refractivity contribution in [1.82, 2.24) is 14.8 Å². The normalized spacial score (nSPS) is 17.6. The van der Waals surface area contributed by atoms with Gasteiger partial charge in [0.25, 0.3) is 5.91 Å². The van der Waals surface area contributed by atoms with E-state index >= 15 is 0 Å². The maximum absolute atomic E-state index is 13.8. The van der Waals surface area contributed by atoms with Crippen LogP contribution in [0.3, 0.4) is 0 Å². The van der Waals surface area contributed by atoms with E-state index in [2.05, 4.69) is 40.5 Å². The molecule has 1 aliphatic carbocycles. The molecule has 1 aromatic heterocycles. The lowest BCUT2D eigenvalue weighted by atomic mass is 10.1. The van der Waals surface area contributed by atoms with Crippen LogP contribution in [0.1, 0.15) is 47.1 Å². The van der Waals surface area contributed by atoms with Crippen molar-refractivity contribution < 1.29 is 9.18 Å². The zero-order valence-corrected chi connectivity index (χ0v) is 17.7. The zero-order chi connectivity index (χ0) is 20.5. The molecule has 156 valence electrons. The first-order valence-electron chi connectivity index (χ1n) is 10.7. The third-order valence-electron chi connectivity index (χ3n) is 6.22. The van der Waals surface area contributed by atoms with Crippen LogP contribution in [0.15, 0.2) is 24.3 Å². The van der Waals surface area contributed by atoms with E-state index in [1.807, 2.05) is 6.07 Å². The first kappa shape index (κ1) is 20.0. The lowest BCUT2D eigenvalue weighted by Crippen LogP contribution is -2.46. The molecule has 29 heavy (non-hydrogen) atoms. The minimum atomic E-state index is -0.246. The molecule has 0 spiro atoms. The number of rotatable bonds is 6. The molecule has 5 nitrogen and oxygen atoms in total. The van der Waals surface area contributed by atoms with Crippen molar-refractivity contribution in [1.29, 1.82) is 0 Å². The number of anilines is 1. The molecule has 4 rings (SSSR count). The Kier molecular flexibility index (Phi) is 5.63. The Morgan fingerprint density at radius 1 is 1.17 bits per heavy atom. The van der Waals surface area contributed by atoms with Crippen LogP contribution < -0.4 is 10.2 Å². The van der Waals surface area contributed by atoms with Crippen molar-refractivity contribution in [3.05, 3.63) is 52.6 Å². The quantitative estimate of drug-likeness (QED) is 0.812. The summed E-state index contributed by atoms with van der Waals surface area (Å²) in [5, 5.41) is 3.15. The standard InChI is InChI=1S/C23H31FN4O/c1-4-26-10-12-27(13-11-26)21-16(2)22(23(29)25-20-8-9-20)28(17(21)3)15-18-6-5-7-19(24)14-18/h5-7,14,20H,4,8-13,15H2,1-3H3,(H,25,29). The molecule has 2 fully saturated rings. The van der Waals surface area contributed by atoms with Gasteiger partial charge in [-0.15, -0.1) is 0 Å². The summed E-state index contributed by atoms with van der Waals surface area (Å²) in [5.74, 6) is -0.258. The van der Waals surface area contributed by atoms with E-state index in [1.54, 1.807) is 12.1 Å². The number of hydrogen-bond acceptors (Lipinski definition) is 3. The van der Waals surface area contributed by atoms with Crippen LogP contribution in [0, 0.1) is 19.7 Å². The number of amides is 1. The highest BCUT2D eigenvalue weighted by Crippen LogP contribution is 2.33. The van der Waals surface area contributed by atoms with Crippen molar-refractivity contribution >= 4 is 11.6 Å². The Balaban J connectivity index is 1.70. The first-order chi connectivity index (χ1) is 14.0. The van der Waals surface area contributed by atoms with Gasteiger partial charge in [-0.3, -0.25) is 4.79 Å². The number of piperazine rings is 1. The molecule has 6 heteroatoms. The molecule has 1 amide bonds. The molecule has 0 unspecified atom stereocenters. The largest absolute Gasteiger partial charge is 0.367 e. The van der Waals surface area contributed by atoms with E-state index < -0.39 is 0 Å². The predicted molar refractivity (Wildman–Crippen MR) is 114 cm³/mol. The molecule has 1 saturated heterocycles. The topological polar surface area (TPSA) is 40.5 Å². The van der Waals surface area contributed by atoms with Crippen LogP contribution in [0.2, 0.25) is 0 Å². The molecule has 0 atom stereocenters. The Morgan fingerprint density at radius 3 is 2.52 bits per heavy atom. The molecule has 2 aliphatic rings. The molecule has 1 saturated carbocycles. The van der Waals surface area contributed by atoms with E-state index in [1.165, 1.54) is 6.07 Å². The molecule has 0 radical (unpaired) electrons. The van der Waals surface area contributed by atoms with Crippen LogP contribution >= 0.6 is 0 Å². The lowest BCUT2D eigenvalue weighted by Gasteiger charge is -2.36. The molecule has 0 bridgehead atoms. The maximum Gasteiger partial charge on any atom is 0.268 e. The van der Waals surface area contributed by atoms with Crippen molar-refractivity contribution in [2.75, 3.05) is 37.6 Å². The maximum atomic E-state index is 13.8. The molecule has 1 N–H and O–H groups in total. The second-order valence-electron chi connectivity index (χ2n) is 8.29. The molecule has 1 aliphatic heterocycles. The monoisotopic (exact) mass is 398 g/mol. The number of nitrogens with zero attached hydrogens (tertiary/aromatic N) is 3. The Hall–Kier alpha value is -2.34. The third kappa shape index (κ3) is 4.17. The number of benzene rings is 1. The first-order valence-corrected chi connectivity index (χ1v) is 10.7. The van der Waals surface area contributed by atoms with Gasteiger partial charge in [0.1, 0.15) is 11.5 Å². The highest BCUT2D eigenvalue weighted by molar-refractivity contribution is 5.97. The minimum Gasteiger partial charge on any atom is -0.367 e. The van der Waals surface area contributed by atoms with Gasteiger partial charge < -0.3 is 19.7 Å². The van der Waals surface area contributed by atoms with Gasteiger partial charge in [0.2, 0.25) is 0 Å². The van der Waals surface area contributed by atoms with Gasteiger partial charge in [0.15, 0.2) is 0 Å². The van der Waals surface area contributed by atoms with Crippen LogP contribution in [0.5, 0.6) is 0 Å². The average molecular weight is 399 g/mol. The fraction of sp³-hybridized carbons (Fsp3) is 0.522. The van der Waals surface area contributed by atoms with Gasteiger partial charge in [0, 0.05) is 50.0 Å². The van der Waals surface area contributed by atoms with Gasteiger partial charge in [0.05, 0.1) is 5.69 Å². The van der Waals surface area contributed by atoms with Gasteiger partial charge in [-0.25, -0.2) is 4.39 Å². The number of aromatic nitrogens is 1. The number of halogens is 1. The molecule has 2 heterocycles. The molecular weight excluding hydrogens is 367 g/mol. The lowest BCUT2D eigenvalue weighted by molar-refractivity contribution is 0.0941. The fourth-order valence-electron chi connectivity index (χ4n) is 4.43. The van der Waals surface area contributed by atoms with Crippen molar-refractivity contribution in [2.45, 2.75) is 46.2 Å². The summed E-state index contributed by atoms with van der Waals surface area (Å²) in [5.41, 5.74) is 4.86. The molecule has 1 aromatic carbocycles. The number of likely N-dealkylation sites (N-methyl/N-ethyl adjacent to an activating group) is 1. The van der Waals surface area contributed by atoms with Gasteiger partial charge in [-0.1, -0.05) is 19.1 Å². The van der Waals surface area contributed by atoms with Crippen molar-refractivity contribution in [3.63, 3.8) is 0 Å². The smallest absolute Gasteiger partial charge is 0.268 e. The number of hydrogen-bond donors (Lipinski definition) is 1. The summed E-state index contributed by atoms with van der Waals surface area (Å²) in [6.07, 6.45) is 2.11. The van der Waals surface area contributed by atoms with Gasteiger partial charge >= 0.3 is 0 Å². The minimum absolute atomic E-state index is 0.0112. The summed E-state index contributed by atoms with van der Waals surface area (Å²) in [6, 6.07) is 6.95. The Labute approximate surface area is 172 Å². The highest BCUT2D eigenvalue weighted by Gasteiger charge is 2.30. The summed E-state index contributed by atoms with van der Waals surface area (Å²) in [4.78, 5) is 18.0.